The molecule has 0 saturated heterocycles. The summed E-state index contributed by atoms with van der Waals surface area (Å²) >= 11 is 0. The van der Waals surface area contributed by atoms with Crippen molar-refractivity contribution in [3.05, 3.63) is 198 Å². The lowest BCUT2D eigenvalue weighted by Crippen LogP contribution is -2.08. The molecule has 3 aromatic heterocycles. The van der Waals surface area contributed by atoms with Crippen molar-refractivity contribution in [1.29, 1.82) is 0 Å². The van der Waals surface area contributed by atoms with Crippen LogP contribution < -0.4 is 0 Å². The van der Waals surface area contributed by atoms with Gasteiger partial charge in [-0.2, -0.15) is 13.2 Å². The van der Waals surface area contributed by atoms with Crippen LogP contribution in [-0.4, -0.2) is 24.1 Å². The molecule has 3 heterocycles. The van der Waals surface area contributed by atoms with Crippen molar-refractivity contribution >= 4 is 43.6 Å². The van der Waals surface area contributed by atoms with Crippen LogP contribution in [0.5, 0.6) is 0 Å². The van der Waals surface area contributed by atoms with Crippen molar-refractivity contribution < 1.29 is 13.2 Å². The van der Waals surface area contributed by atoms with E-state index in [4.69, 9.17) is 15.0 Å². The molecule has 310 valence electrons. The fraction of sp³-hybridized carbons (Fsp3) is 0.0893. The maximum atomic E-state index is 14.9. The Balaban J connectivity index is 1.25. The number of benzene rings is 8. The highest BCUT2D eigenvalue weighted by atomic mass is 19.4. The molecule has 8 heteroatoms. The summed E-state index contributed by atoms with van der Waals surface area (Å²) in [6, 6.07) is 55.0. The fourth-order valence-electron chi connectivity index (χ4n) is 9.16. The van der Waals surface area contributed by atoms with Gasteiger partial charge < -0.3 is 9.13 Å². The Hall–Kier alpha value is -7.84. The lowest BCUT2D eigenvalue weighted by molar-refractivity contribution is -0.137. The molecule has 0 aliphatic heterocycles. The van der Waals surface area contributed by atoms with Crippen LogP contribution in [0.4, 0.5) is 13.2 Å². The first-order valence-electron chi connectivity index (χ1n) is 21.2. The van der Waals surface area contributed by atoms with E-state index in [1.165, 1.54) is 12.1 Å². The van der Waals surface area contributed by atoms with Crippen LogP contribution in [0, 0.1) is 27.7 Å². The zero-order valence-corrected chi connectivity index (χ0v) is 35.5. The monoisotopic (exact) mass is 839 g/mol. The molecule has 11 aromatic rings. The van der Waals surface area contributed by atoms with Gasteiger partial charge in [-0.1, -0.05) is 125 Å². The minimum absolute atomic E-state index is 0.418. The van der Waals surface area contributed by atoms with Crippen LogP contribution in [0.1, 0.15) is 27.8 Å². The van der Waals surface area contributed by atoms with Crippen LogP contribution in [0.3, 0.4) is 0 Å². The van der Waals surface area contributed by atoms with Crippen LogP contribution >= 0.6 is 0 Å². The number of hydrogen-bond acceptors (Lipinski definition) is 3. The van der Waals surface area contributed by atoms with Crippen molar-refractivity contribution in [2.24, 2.45) is 0 Å². The predicted octanol–water partition coefficient (Wildman–Crippen LogP) is 15.0. The summed E-state index contributed by atoms with van der Waals surface area (Å²) in [6.45, 7) is 8.25. The van der Waals surface area contributed by atoms with E-state index >= 15 is 0 Å². The van der Waals surface area contributed by atoms with Gasteiger partial charge in [-0.15, -0.1) is 0 Å². The Morgan fingerprint density at radius 3 is 1.11 bits per heavy atom. The Morgan fingerprint density at radius 1 is 0.359 bits per heavy atom. The van der Waals surface area contributed by atoms with E-state index in [-0.39, 0.29) is 0 Å². The summed E-state index contributed by atoms with van der Waals surface area (Å²) in [7, 11) is 0. The fourth-order valence-corrected chi connectivity index (χ4v) is 9.16. The first-order valence-corrected chi connectivity index (χ1v) is 21.2. The largest absolute Gasteiger partial charge is 0.416 e. The third-order valence-corrected chi connectivity index (χ3v) is 12.2. The summed E-state index contributed by atoms with van der Waals surface area (Å²) in [6.07, 6.45) is -4.58. The van der Waals surface area contributed by atoms with Gasteiger partial charge in [-0.25, -0.2) is 15.0 Å². The first kappa shape index (κ1) is 39.0. The quantitative estimate of drug-likeness (QED) is 0.168. The lowest BCUT2D eigenvalue weighted by atomic mass is 9.97. The maximum Gasteiger partial charge on any atom is 0.416 e. The SMILES string of the molecule is Cc1ccc2c(c1)c1cc(C)ccc1n2-c1cc(-c2nc(-c3ccccc3)nc(-c3ccccc3)n2)ccc1-c1ccc(C(F)(F)F)cc1-n1c2ccc(C)cc2c2cc(C)ccc21. The van der Waals surface area contributed by atoms with E-state index in [0.717, 1.165) is 93.8 Å². The van der Waals surface area contributed by atoms with Crippen LogP contribution in [-0.2, 0) is 6.18 Å². The van der Waals surface area contributed by atoms with Crippen molar-refractivity contribution in [1.82, 2.24) is 24.1 Å². The van der Waals surface area contributed by atoms with E-state index in [0.29, 0.717) is 28.7 Å². The molecule has 0 aliphatic rings. The molecule has 0 spiro atoms. The molecule has 0 amide bonds. The summed E-state index contributed by atoms with van der Waals surface area (Å²) in [5, 5.41) is 4.11. The molecule has 0 N–H and O–H groups in total. The van der Waals surface area contributed by atoms with Gasteiger partial charge in [-0.05, 0) is 94.4 Å². The summed E-state index contributed by atoms with van der Waals surface area (Å²) in [4.78, 5) is 15.1. The molecule has 8 aromatic carbocycles. The number of rotatable bonds is 6. The predicted molar refractivity (Wildman–Crippen MR) is 254 cm³/mol. The molecule has 0 saturated carbocycles. The van der Waals surface area contributed by atoms with Crippen molar-refractivity contribution in [3.63, 3.8) is 0 Å². The molecular formula is C56H40F3N5. The highest BCUT2D eigenvalue weighted by molar-refractivity contribution is 6.12. The normalized spacial score (nSPS) is 12.0. The topological polar surface area (TPSA) is 48.5 Å². The Kier molecular flexibility index (Phi) is 9.10. The minimum Gasteiger partial charge on any atom is -0.309 e. The number of halogens is 3. The average Bonchev–Trinajstić information content (AvgIpc) is 3.79. The standard InChI is InChI=1S/C56H40F3N5/c1-33-15-23-47-43(27-33)44-28-34(2)16-24-48(44)63(47)51-31-39(55-61-53(37-11-7-5-8-12-37)60-54(62-55)38-13-9-6-10-14-38)19-21-41(51)42-22-20-40(56(57,58)59)32-52(42)64-49-25-17-35(3)29-45(49)46-30-36(4)18-26-50(46)64/h5-32H,1-4H3. The summed E-state index contributed by atoms with van der Waals surface area (Å²) in [5.74, 6) is 1.52. The van der Waals surface area contributed by atoms with Crippen LogP contribution in [0.2, 0.25) is 0 Å². The molecule has 0 atom stereocenters. The lowest BCUT2D eigenvalue weighted by Gasteiger charge is -2.21. The second-order valence-corrected chi connectivity index (χ2v) is 16.8. The zero-order valence-electron chi connectivity index (χ0n) is 35.5. The van der Waals surface area contributed by atoms with E-state index in [1.54, 1.807) is 6.07 Å². The Labute approximate surface area is 367 Å². The number of aryl methyl sites for hydroxylation is 4. The van der Waals surface area contributed by atoms with E-state index in [2.05, 4.69) is 73.0 Å². The van der Waals surface area contributed by atoms with Gasteiger partial charge in [0.15, 0.2) is 17.5 Å². The summed E-state index contributed by atoms with van der Waals surface area (Å²) in [5.41, 5.74) is 12.2. The van der Waals surface area contributed by atoms with Crippen LogP contribution in [0.15, 0.2) is 170 Å². The van der Waals surface area contributed by atoms with Gasteiger partial charge in [0.2, 0.25) is 0 Å². The number of alkyl halides is 3. The molecule has 0 bridgehead atoms. The molecule has 11 rings (SSSR count). The van der Waals surface area contributed by atoms with Gasteiger partial charge >= 0.3 is 6.18 Å². The second kappa shape index (κ2) is 14.9. The molecule has 0 unspecified atom stereocenters. The van der Waals surface area contributed by atoms with Gasteiger partial charge in [0, 0.05) is 49.4 Å². The molecule has 5 nitrogen and oxygen atoms in total. The third kappa shape index (κ3) is 6.61. The van der Waals surface area contributed by atoms with Crippen LogP contribution in [0.25, 0.3) is 100 Å². The molecule has 64 heavy (non-hydrogen) atoms. The smallest absolute Gasteiger partial charge is 0.309 e. The highest BCUT2D eigenvalue weighted by Gasteiger charge is 2.32. The van der Waals surface area contributed by atoms with E-state index in [1.807, 2.05) is 115 Å². The van der Waals surface area contributed by atoms with Crippen molar-refractivity contribution in [2.45, 2.75) is 33.9 Å². The number of aromatic nitrogens is 5. The van der Waals surface area contributed by atoms with Crippen molar-refractivity contribution in [2.75, 3.05) is 0 Å². The molecule has 0 radical (unpaired) electrons. The molecular weight excluding hydrogens is 800 g/mol. The maximum absolute atomic E-state index is 14.9. The van der Waals surface area contributed by atoms with Gasteiger partial charge in [0.05, 0.1) is 39.0 Å². The van der Waals surface area contributed by atoms with Crippen molar-refractivity contribution in [3.8, 4) is 56.7 Å². The molecule has 0 fully saturated rings. The van der Waals surface area contributed by atoms with Gasteiger partial charge in [-0.3, -0.25) is 0 Å². The minimum atomic E-state index is -4.58. The average molecular weight is 840 g/mol. The third-order valence-electron chi connectivity index (χ3n) is 12.2. The van der Waals surface area contributed by atoms with Gasteiger partial charge in [0.1, 0.15) is 0 Å². The Morgan fingerprint density at radius 2 is 0.719 bits per heavy atom. The molecule has 0 aliphatic carbocycles. The van der Waals surface area contributed by atoms with Gasteiger partial charge in [0.25, 0.3) is 0 Å². The number of fused-ring (bicyclic) bond motifs is 6. The van der Waals surface area contributed by atoms with E-state index in [9.17, 15) is 13.2 Å². The second-order valence-electron chi connectivity index (χ2n) is 16.8. The van der Waals surface area contributed by atoms with E-state index < -0.39 is 11.7 Å². The zero-order chi connectivity index (χ0) is 43.9. The number of nitrogens with zero attached hydrogens (tertiary/aromatic N) is 5. The summed E-state index contributed by atoms with van der Waals surface area (Å²) < 4.78 is 49.0. The number of hydrogen-bond donors (Lipinski definition) is 0. The highest BCUT2D eigenvalue weighted by Crippen LogP contribution is 2.44. The first-order chi connectivity index (χ1) is 31.0. The Bertz CT molecular complexity index is 3460.